The molecular formula is C15H23NO3. The maximum absolute atomic E-state index is 5.70. The molecule has 4 nitrogen and oxygen atoms in total. The Bertz CT molecular complexity index is 395. The van der Waals surface area contributed by atoms with Gasteiger partial charge in [-0.1, -0.05) is 6.92 Å². The van der Waals surface area contributed by atoms with Gasteiger partial charge in [0.2, 0.25) is 0 Å². The maximum Gasteiger partial charge on any atom is 0.127 e. The zero-order valence-corrected chi connectivity index (χ0v) is 11.8. The van der Waals surface area contributed by atoms with E-state index < -0.39 is 0 Å². The van der Waals surface area contributed by atoms with Gasteiger partial charge in [-0.25, -0.2) is 0 Å². The lowest BCUT2D eigenvalue weighted by Crippen LogP contribution is -2.22. The Hall–Kier alpha value is -1.26. The molecule has 0 saturated heterocycles. The standard InChI is InChI=1S/C15H23NO3/c1-3-7-16-14-11-19-15-10-12(5-6-13(14)15)18-9-8-17-4-2/h5-6,10,14,16H,3-4,7-9,11H2,1-2H3. The van der Waals surface area contributed by atoms with Crippen molar-refractivity contribution in [2.75, 3.05) is 33.0 Å². The third-order valence-electron chi connectivity index (χ3n) is 3.11. The number of nitrogens with one attached hydrogen (secondary N) is 1. The Morgan fingerprint density at radius 1 is 1.32 bits per heavy atom. The molecule has 2 rings (SSSR count). The molecular weight excluding hydrogens is 242 g/mol. The summed E-state index contributed by atoms with van der Waals surface area (Å²) in [6.07, 6.45) is 1.13. The zero-order valence-electron chi connectivity index (χ0n) is 11.8. The fourth-order valence-electron chi connectivity index (χ4n) is 2.13. The summed E-state index contributed by atoms with van der Waals surface area (Å²) in [6, 6.07) is 6.37. The maximum atomic E-state index is 5.70. The number of hydrogen-bond donors (Lipinski definition) is 1. The molecule has 4 heteroatoms. The number of rotatable bonds is 8. The molecule has 0 spiro atoms. The summed E-state index contributed by atoms with van der Waals surface area (Å²) in [4.78, 5) is 0. The highest BCUT2D eigenvalue weighted by Gasteiger charge is 2.23. The first kappa shape index (κ1) is 14.2. The second kappa shape index (κ2) is 7.36. The van der Waals surface area contributed by atoms with Crippen LogP contribution in [0.1, 0.15) is 31.9 Å². The second-order valence-electron chi connectivity index (χ2n) is 4.56. The van der Waals surface area contributed by atoms with Gasteiger partial charge in [0.05, 0.1) is 12.6 Å². The van der Waals surface area contributed by atoms with Crippen molar-refractivity contribution in [1.82, 2.24) is 5.32 Å². The van der Waals surface area contributed by atoms with Crippen LogP contribution in [0.15, 0.2) is 18.2 Å². The van der Waals surface area contributed by atoms with Crippen LogP contribution in [-0.4, -0.2) is 33.0 Å². The van der Waals surface area contributed by atoms with Crippen LogP contribution in [0.4, 0.5) is 0 Å². The van der Waals surface area contributed by atoms with Gasteiger partial charge < -0.3 is 19.5 Å². The molecule has 0 aliphatic carbocycles. The molecule has 1 aromatic carbocycles. The van der Waals surface area contributed by atoms with Crippen molar-refractivity contribution >= 4 is 0 Å². The van der Waals surface area contributed by atoms with Gasteiger partial charge >= 0.3 is 0 Å². The van der Waals surface area contributed by atoms with Gasteiger partial charge in [-0.05, 0) is 32.0 Å². The van der Waals surface area contributed by atoms with Gasteiger partial charge in [-0.3, -0.25) is 0 Å². The highest BCUT2D eigenvalue weighted by molar-refractivity contribution is 5.45. The fraction of sp³-hybridized carbons (Fsp3) is 0.600. The van der Waals surface area contributed by atoms with Crippen LogP contribution in [0.5, 0.6) is 11.5 Å². The van der Waals surface area contributed by atoms with Crippen LogP contribution in [0.3, 0.4) is 0 Å². The highest BCUT2D eigenvalue weighted by Crippen LogP contribution is 2.35. The molecule has 106 valence electrons. The molecule has 0 aromatic heterocycles. The van der Waals surface area contributed by atoms with Crippen molar-refractivity contribution < 1.29 is 14.2 Å². The van der Waals surface area contributed by atoms with Gasteiger partial charge in [0, 0.05) is 18.2 Å². The summed E-state index contributed by atoms with van der Waals surface area (Å²) in [6.45, 7) is 7.78. The predicted molar refractivity (Wildman–Crippen MR) is 75.0 cm³/mol. The predicted octanol–water partition coefficient (Wildman–Crippen LogP) is 2.54. The first-order chi connectivity index (χ1) is 9.35. The van der Waals surface area contributed by atoms with E-state index in [9.17, 15) is 0 Å². The summed E-state index contributed by atoms with van der Waals surface area (Å²) in [5.41, 5.74) is 1.23. The van der Waals surface area contributed by atoms with Gasteiger partial charge in [-0.2, -0.15) is 0 Å². The Morgan fingerprint density at radius 2 is 2.21 bits per heavy atom. The van der Waals surface area contributed by atoms with Crippen molar-refractivity contribution in [3.63, 3.8) is 0 Å². The molecule has 1 heterocycles. The summed E-state index contributed by atoms with van der Waals surface area (Å²) in [5.74, 6) is 1.78. The molecule has 0 bridgehead atoms. The van der Waals surface area contributed by atoms with Gasteiger partial charge in [0.25, 0.3) is 0 Å². The second-order valence-corrected chi connectivity index (χ2v) is 4.56. The fourth-order valence-corrected chi connectivity index (χ4v) is 2.13. The van der Waals surface area contributed by atoms with Crippen LogP contribution < -0.4 is 14.8 Å². The monoisotopic (exact) mass is 265 g/mol. The number of hydrogen-bond acceptors (Lipinski definition) is 4. The highest BCUT2D eigenvalue weighted by atomic mass is 16.5. The molecule has 1 atom stereocenters. The minimum Gasteiger partial charge on any atom is -0.491 e. The molecule has 1 unspecified atom stereocenters. The van der Waals surface area contributed by atoms with E-state index in [0.29, 0.717) is 25.9 Å². The first-order valence-corrected chi connectivity index (χ1v) is 7.05. The van der Waals surface area contributed by atoms with E-state index >= 15 is 0 Å². The summed E-state index contributed by atoms with van der Waals surface area (Å²) < 4.78 is 16.6. The minimum absolute atomic E-state index is 0.312. The van der Waals surface area contributed by atoms with Gasteiger partial charge in [-0.15, -0.1) is 0 Å². The topological polar surface area (TPSA) is 39.7 Å². The quantitative estimate of drug-likeness (QED) is 0.733. The molecule has 1 N–H and O–H groups in total. The Labute approximate surface area is 115 Å². The number of benzene rings is 1. The van der Waals surface area contributed by atoms with E-state index in [4.69, 9.17) is 14.2 Å². The van der Waals surface area contributed by atoms with Crippen molar-refractivity contribution in [3.05, 3.63) is 23.8 Å². The van der Waals surface area contributed by atoms with Crippen molar-refractivity contribution in [2.45, 2.75) is 26.3 Å². The third-order valence-corrected chi connectivity index (χ3v) is 3.11. The van der Waals surface area contributed by atoms with Crippen molar-refractivity contribution in [1.29, 1.82) is 0 Å². The molecule has 0 amide bonds. The van der Waals surface area contributed by atoms with E-state index in [2.05, 4.69) is 18.3 Å². The van der Waals surface area contributed by atoms with E-state index in [1.54, 1.807) is 0 Å². The van der Waals surface area contributed by atoms with Crippen LogP contribution in [-0.2, 0) is 4.74 Å². The lowest BCUT2D eigenvalue weighted by atomic mass is 10.1. The molecule has 1 aliphatic rings. The summed E-state index contributed by atoms with van der Waals surface area (Å²) in [7, 11) is 0. The molecule has 1 aromatic rings. The van der Waals surface area contributed by atoms with Crippen LogP contribution in [0, 0.1) is 0 Å². The average molecular weight is 265 g/mol. The lowest BCUT2D eigenvalue weighted by Gasteiger charge is -2.11. The van der Waals surface area contributed by atoms with Crippen molar-refractivity contribution in [2.24, 2.45) is 0 Å². The van der Waals surface area contributed by atoms with Crippen LogP contribution in [0.25, 0.3) is 0 Å². The molecule has 0 fully saturated rings. The first-order valence-electron chi connectivity index (χ1n) is 7.05. The molecule has 19 heavy (non-hydrogen) atoms. The molecule has 1 aliphatic heterocycles. The average Bonchev–Trinajstić information content (AvgIpc) is 2.84. The van der Waals surface area contributed by atoms with E-state index in [0.717, 1.165) is 31.1 Å². The minimum atomic E-state index is 0.312. The van der Waals surface area contributed by atoms with E-state index in [1.165, 1.54) is 5.56 Å². The summed E-state index contributed by atoms with van der Waals surface area (Å²) >= 11 is 0. The number of fused-ring (bicyclic) bond motifs is 1. The smallest absolute Gasteiger partial charge is 0.127 e. The molecule has 0 saturated carbocycles. The molecule has 0 radical (unpaired) electrons. The van der Waals surface area contributed by atoms with E-state index in [1.807, 2.05) is 19.1 Å². The Balaban J connectivity index is 1.89. The Kier molecular flexibility index (Phi) is 5.48. The third kappa shape index (κ3) is 3.85. The number of ether oxygens (including phenoxy) is 3. The Morgan fingerprint density at radius 3 is 3.00 bits per heavy atom. The lowest BCUT2D eigenvalue weighted by molar-refractivity contribution is 0.110. The van der Waals surface area contributed by atoms with Crippen LogP contribution in [0.2, 0.25) is 0 Å². The zero-order chi connectivity index (χ0) is 13.5. The van der Waals surface area contributed by atoms with Crippen LogP contribution >= 0.6 is 0 Å². The van der Waals surface area contributed by atoms with Gasteiger partial charge in [0.1, 0.15) is 24.7 Å². The normalized spacial score (nSPS) is 17.1. The van der Waals surface area contributed by atoms with Gasteiger partial charge in [0.15, 0.2) is 0 Å². The van der Waals surface area contributed by atoms with E-state index in [-0.39, 0.29) is 0 Å². The SMILES string of the molecule is CCCNC1COc2cc(OCCOCC)ccc21. The summed E-state index contributed by atoms with van der Waals surface area (Å²) in [5, 5.41) is 3.48. The largest absolute Gasteiger partial charge is 0.491 e. The van der Waals surface area contributed by atoms with Crippen molar-refractivity contribution in [3.8, 4) is 11.5 Å².